The number of nitrogens with zero attached hydrogens (tertiary/aromatic N) is 1. The van der Waals surface area contributed by atoms with Gasteiger partial charge in [0.15, 0.2) is 0 Å². The topological polar surface area (TPSA) is 88.2 Å². The molecule has 2 aromatic rings. The molecule has 0 atom stereocenters. The van der Waals surface area contributed by atoms with Gasteiger partial charge in [-0.05, 0) is 36.2 Å². The Bertz CT molecular complexity index is 795. The van der Waals surface area contributed by atoms with E-state index in [2.05, 4.69) is 15.0 Å². The molecule has 0 bridgehead atoms. The average Bonchev–Trinajstić information content (AvgIpc) is 2.51. The highest BCUT2D eigenvalue weighted by atomic mass is 35.5. The lowest BCUT2D eigenvalue weighted by Crippen LogP contribution is -2.33. The van der Waals surface area contributed by atoms with Gasteiger partial charge < -0.3 is 5.32 Å². The molecule has 2 rings (SSSR count). The molecule has 0 radical (unpaired) electrons. The lowest BCUT2D eigenvalue weighted by molar-refractivity contribution is -0.115. The summed E-state index contributed by atoms with van der Waals surface area (Å²) in [6.07, 6.45) is 3.05. The highest BCUT2D eigenvalue weighted by Crippen LogP contribution is 2.20. The monoisotopic (exact) mass is 353 g/mol. The van der Waals surface area contributed by atoms with Crippen LogP contribution in [0.5, 0.6) is 0 Å². The number of carbonyl (C=O) groups excluding carboxylic acids is 1. The van der Waals surface area contributed by atoms with Crippen LogP contribution in [0.1, 0.15) is 11.1 Å². The van der Waals surface area contributed by atoms with Gasteiger partial charge in [0.2, 0.25) is 15.9 Å². The molecule has 122 valence electrons. The Hall–Kier alpha value is -1.96. The predicted octanol–water partition coefficient (Wildman–Crippen LogP) is 2.10. The number of hydrogen-bond donors (Lipinski definition) is 2. The van der Waals surface area contributed by atoms with Gasteiger partial charge in [-0.1, -0.05) is 23.7 Å². The zero-order chi connectivity index (χ0) is 16.9. The SMILES string of the molecule is Cc1c(Cl)cccc1CS(=O)(=O)NCC(=O)Nc1cccnc1. The summed E-state index contributed by atoms with van der Waals surface area (Å²) in [6.45, 7) is 1.40. The van der Waals surface area contributed by atoms with E-state index in [0.717, 1.165) is 0 Å². The van der Waals surface area contributed by atoms with Crippen LogP contribution >= 0.6 is 11.6 Å². The lowest BCUT2D eigenvalue weighted by atomic mass is 10.1. The number of anilines is 1. The van der Waals surface area contributed by atoms with Gasteiger partial charge in [0.25, 0.3) is 0 Å². The van der Waals surface area contributed by atoms with Crippen LogP contribution in [0.2, 0.25) is 5.02 Å². The smallest absolute Gasteiger partial charge is 0.239 e. The number of carbonyl (C=O) groups is 1. The molecule has 0 saturated heterocycles. The minimum Gasteiger partial charge on any atom is -0.324 e. The summed E-state index contributed by atoms with van der Waals surface area (Å²) in [5.41, 5.74) is 1.81. The van der Waals surface area contributed by atoms with Crippen LogP contribution in [-0.2, 0) is 20.6 Å². The molecular formula is C15H16ClN3O3S. The first-order valence-corrected chi connectivity index (χ1v) is 8.81. The predicted molar refractivity (Wildman–Crippen MR) is 89.7 cm³/mol. The summed E-state index contributed by atoms with van der Waals surface area (Å²) >= 11 is 5.98. The fourth-order valence-corrected chi connectivity index (χ4v) is 3.25. The van der Waals surface area contributed by atoms with Gasteiger partial charge in [0.05, 0.1) is 24.2 Å². The quantitative estimate of drug-likeness (QED) is 0.832. The zero-order valence-electron chi connectivity index (χ0n) is 12.4. The number of hydrogen-bond acceptors (Lipinski definition) is 4. The Labute approximate surface area is 139 Å². The van der Waals surface area contributed by atoms with Crippen LogP contribution in [-0.4, -0.2) is 25.9 Å². The molecule has 6 nitrogen and oxygen atoms in total. The van der Waals surface area contributed by atoms with Crippen LogP contribution in [0.3, 0.4) is 0 Å². The molecule has 23 heavy (non-hydrogen) atoms. The fraction of sp³-hybridized carbons (Fsp3) is 0.200. The Morgan fingerprint density at radius 3 is 2.74 bits per heavy atom. The van der Waals surface area contributed by atoms with E-state index in [1.54, 1.807) is 43.5 Å². The summed E-state index contributed by atoms with van der Waals surface area (Å²) in [6, 6.07) is 8.41. The van der Waals surface area contributed by atoms with Gasteiger partial charge in [0.1, 0.15) is 0 Å². The van der Waals surface area contributed by atoms with Crippen LogP contribution in [0, 0.1) is 6.92 Å². The molecule has 0 aliphatic heterocycles. The Morgan fingerprint density at radius 2 is 2.04 bits per heavy atom. The number of pyridine rings is 1. The van der Waals surface area contributed by atoms with Crippen LogP contribution < -0.4 is 10.0 Å². The summed E-state index contributed by atoms with van der Waals surface area (Å²) in [5, 5.41) is 3.06. The minimum atomic E-state index is -3.65. The molecule has 1 aromatic heterocycles. The number of halogens is 1. The molecule has 0 aliphatic rings. The largest absolute Gasteiger partial charge is 0.324 e. The maximum Gasteiger partial charge on any atom is 0.239 e. The van der Waals surface area contributed by atoms with Crippen LogP contribution in [0.25, 0.3) is 0 Å². The van der Waals surface area contributed by atoms with Gasteiger partial charge in [-0.25, -0.2) is 13.1 Å². The Kier molecular flexibility index (Phi) is 5.70. The number of aromatic nitrogens is 1. The van der Waals surface area contributed by atoms with E-state index in [4.69, 9.17) is 11.6 Å². The molecule has 8 heteroatoms. The molecular weight excluding hydrogens is 338 g/mol. The van der Waals surface area contributed by atoms with Gasteiger partial charge in [0, 0.05) is 11.2 Å². The zero-order valence-corrected chi connectivity index (χ0v) is 14.0. The summed E-state index contributed by atoms with van der Waals surface area (Å²) < 4.78 is 26.4. The Balaban J connectivity index is 1.94. The second-order valence-electron chi connectivity index (χ2n) is 4.89. The van der Waals surface area contributed by atoms with Crippen LogP contribution in [0.15, 0.2) is 42.7 Å². The van der Waals surface area contributed by atoms with Gasteiger partial charge in [-0.2, -0.15) is 0 Å². The molecule has 0 aliphatic carbocycles. The van der Waals surface area contributed by atoms with E-state index >= 15 is 0 Å². The third kappa shape index (κ3) is 5.31. The van der Waals surface area contributed by atoms with Gasteiger partial charge in [-0.15, -0.1) is 0 Å². The first-order chi connectivity index (χ1) is 10.9. The van der Waals surface area contributed by atoms with E-state index in [0.29, 0.717) is 21.8 Å². The summed E-state index contributed by atoms with van der Waals surface area (Å²) in [5.74, 6) is -0.705. The second kappa shape index (κ2) is 7.54. The standard InChI is InChI=1S/C15H16ClN3O3S/c1-11-12(4-2-6-14(11)16)10-23(21,22)18-9-15(20)19-13-5-3-7-17-8-13/h2-8,18H,9-10H2,1H3,(H,19,20). The maximum absolute atomic E-state index is 12.1. The first-order valence-electron chi connectivity index (χ1n) is 6.78. The fourth-order valence-electron chi connectivity index (χ4n) is 1.88. The van der Waals surface area contributed by atoms with Crippen molar-refractivity contribution in [1.29, 1.82) is 0 Å². The van der Waals surface area contributed by atoms with Crippen molar-refractivity contribution in [2.45, 2.75) is 12.7 Å². The highest BCUT2D eigenvalue weighted by molar-refractivity contribution is 7.88. The third-order valence-electron chi connectivity index (χ3n) is 3.12. The van der Waals surface area contributed by atoms with E-state index < -0.39 is 15.9 Å². The number of benzene rings is 1. The minimum absolute atomic E-state index is 0.237. The van der Waals surface area contributed by atoms with E-state index in [9.17, 15) is 13.2 Å². The normalized spacial score (nSPS) is 11.2. The molecule has 1 aromatic carbocycles. The molecule has 2 N–H and O–H groups in total. The molecule has 0 fully saturated rings. The second-order valence-corrected chi connectivity index (χ2v) is 7.11. The van der Waals surface area contributed by atoms with Gasteiger partial charge in [-0.3, -0.25) is 9.78 Å². The van der Waals surface area contributed by atoms with Crippen molar-refractivity contribution in [3.05, 3.63) is 58.9 Å². The molecule has 0 saturated carbocycles. The molecule has 1 amide bonds. The van der Waals surface area contributed by atoms with Crippen molar-refractivity contribution >= 4 is 33.2 Å². The number of nitrogens with one attached hydrogen (secondary N) is 2. The van der Waals surface area contributed by atoms with E-state index in [1.165, 1.54) is 6.20 Å². The third-order valence-corrected chi connectivity index (χ3v) is 4.81. The highest BCUT2D eigenvalue weighted by Gasteiger charge is 2.15. The van der Waals surface area contributed by atoms with E-state index in [-0.39, 0.29) is 12.3 Å². The summed E-state index contributed by atoms with van der Waals surface area (Å²) in [4.78, 5) is 15.6. The molecule has 1 heterocycles. The number of rotatable bonds is 6. The van der Waals surface area contributed by atoms with E-state index in [1.807, 2.05) is 0 Å². The number of sulfonamides is 1. The summed E-state index contributed by atoms with van der Waals surface area (Å²) in [7, 11) is -3.65. The maximum atomic E-state index is 12.1. The molecule has 0 spiro atoms. The van der Waals surface area contributed by atoms with Crippen molar-refractivity contribution < 1.29 is 13.2 Å². The Morgan fingerprint density at radius 1 is 1.26 bits per heavy atom. The van der Waals surface area contributed by atoms with Gasteiger partial charge >= 0.3 is 0 Å². The number of amides is 1. The van der Waals surface area contributed by atoms with Crippen molar-refractivity contribution in [3.8, 4) is 0 Å². The van der Waals surface area contributed by atoms with Crippen molar-refractivity contribution in [2.24, 2.45) is 0 Å². The first kappa shape index (κ1) is 17.4. The van der Waals surface area contributed by atoms with Crippen LogP contribution in [0.4, 0.5) is 5.69 Å². The van der Waals surface area contributed by atoms with Crippen molar-refractivity contribution in [2.75, 3.05) is 11.9 Å². The van der Waals surface area contributed by atoms with Crippen molar-refractivity contribution in [3.63, 3.8) is 0 Å². The molecule has 0 unspecified atom stereocenters. The lowest BCUT2D eigenvalue weighted by Gasteiger charge is -2.10. The average molecular weight is 354 g/mol. The van der Waals surface area contributed by atoms with Crippen molar-refractivity contribution in [1.82, 2.24) is 9.71 Å².